The molecule has 4 nitrogen and oxygen atoms in total. The van der Waals surface area contributed by atoms with Crippen molar-refractivity contribution in [1.29, 1.82) is 0 Å². The molecular weight excluding hydrogens is 288 g/mol. The Labute approximate surface area is 119 Å². The fourth-order valence-electron chi connectivity index (χ4n) is 2.08. The Morgan fingerprint density at radius 2 is 2.00 bits per heavy atom. The van der Waals surface area contributed by atoms with E-state index in [4.69, 9.17) is 0 Å². The van der Waals surface area contributed by atoms with Crippen molar-refractivity contribution in [3.8, 4) is 0 Å². The lowest BCUT2D eigenvalue weighted by Gasteiger charge is -2.21. The summed E-state index contributed by atoms with van der Waals surface area (Å²) in [4.78, 5) is 4.19. The molecule has 2 aromatic rings. The second kappa shape index (κ2) is 5.59. The van der Waals surface area contributed by atoms with Gasteiger partial charge in [0.2, 0.25) is 0 Å². The van der Waals surface area contributed by atoms with Crippen molar-refractivity contribution < 1.29 is 17.6 Å². The predicted octanol–water partition coefficient (Wildman–Crippen LogP) is 2.90. The van der Waals surface area contributed by atoms with Crippen LogP contribution in [0.5, 0.6) is 0 Å². The van der Waals surface area contributed by atoms with Crippen LogP contribution in [0.1, 0.15) is 29.9 Å². The zero-order valence-electron chi connectivity index (χ0n) is 11.9. The molecule has 0 spiro atoms. The summed E-state index contributed by atoms with van der Waals surface area (Å²) in [5.41, 5.74) is 2.80. The Kier molecular flexibility index (Phi) is 4.18. The van der Waals surface area contributed by atoms with Crippen molar-refractivity contribution in [2.75, 3.05) is 6.54 Å². The van der Waals surface area contributed by atoms with Gasteiger partial charge in [-0.3, -0.25) is 0 Å². The monoisotopic (exact) mass is 304 g/mol. The third kappa shape index (κ3) is 3.15. The SMILES string of the molecule is Cc1cc2ncc(C(C)NCC(F)(F)C(F)F)c(C)n2n1. The maximum atomic E-state index is 12.9. The minimum absolute atomic E-state index is 0.545. The number of alkyl halides is 4. The quantitative estimate of drug-likeness (QED) is 0.864. The molecule has 0 aliphatic heterocycles. The highest BCUT2D eigenvalue weighted by molar-refractivity contribution is 5.42. The molecule has 0 aliphatic carbocycles. The molecule has 0 saturated carbocycles. The Bertz CT molecular complexity index is 638. The maximum Gasteiger partial charge on any atom is 0.319 e. The minimum atomic E-state index is -4.05. The van der Waals surface area contributed by atoms with Crippen molar-refractivity contribution in [3.63, 3.8) is 0 Å². The number of hydrogen-bond acceptors (Lipinski definition) is 3. The lowest BCUT2D eigenvalue weighted by atomic mass is 10.1. The molecule has 0 fully saturated rings. The third-order valence-electron chi connectivity index (χ3n) is 3.31. The van der Waals surface area contributed by atoms with Gasteiger partial charge in [0, 0.05) is 29.6 Å². The first kappa shape index (κ1) is 15.7. The largest absolute Gasteiger partial charge is 0.319 e. The van der Waals surface area contributed by atoms with Crippen LogP contribution in [0.15, 0.2) is 12.3 Å². The van der Waals surface area contributed by atoms with Crippen molar-refractivity contribution in [2.24, 2.45) is 0 Å². The molecule has 0 aliphatic rings. The van der Waals surface area contributed by atoms with Gasteiger partial charge in [0.05, 0.1) is 12.2 Å². The van der Waals surface area contributed by atoms with Gasteiger partial charge >= 0.3 is 12.3 Å². The molecule has 1 N–H and O–H groups in total. The molecule has 1 unspecified atom stereocenters. The number of hydrogen-bond donors (Lipinski definition) is 1. The molecular formula is C13H16F4N4. The standard InChI is InChI=1S/C13H16F4N4/c1-7-4-11-18-5-10(9(3)21(11)20-7)8(2)19-6-13(16,17)12(14)15/h4-5,8,12,19H,6H2,1-3H3. The van der Waals surface area contributed by atoms with Crippen LogP contribution in [-0.2, 0) is 0 Å². The summed E-state index contributed by atoms with van der Waals surface area (Å²) in [6.45, 7) is 4.12. The van der Waals surface area contributed by atoms with Crippen LogP contribution < -0.4 is 5.32 Å². The summed E-state index contributed by atoms with van der Waals surface area (Å²) in [5.74, 6) is -4.05. The first-order valence-electron chi connectivity index (χ1n) is 6.43. The molecule has 0 amide bonds. The summed E-state index contributed by atoms with van der Waals surface area (Å²) in [5, 5.41) is 6.67. The molecule has 116 valence electrons. The van der Waals surface area contributed by atoms with Crippen LogP contribution in [0.2, 0.25) is 0 Å². The van der Waals surface area contributed by atoms with E-state index in [9.17, 15) is 17.6 Å². The first-order chi connectivity index (χ1) is 9.72. The highest BCUT2D eigenvalue weighted by atomic mass is 19.3. The van der Waals surface area contributed by atoms with E-state index >= 15 is 0 Å². The van der Waals surface area contributed by atoms with Crippen LogP contribution in [-0.4, -0.2) is 33.5 Å². The van der Waals surface area contributed by atoms with Crippen LogP contribution in [0.25, 0.3) is 5.65 Å². The number of nitrogens with zero attached hydrogens (tertiary/aromatic N) is 3. The summed E-state index contributed by atoms with van der Waals surface area (Å²) in [6.07, 6.45) is -2.14. The average molecular weight is 304 g/mol. The van der Waals surface area contributed by atoms with Crippen LogP contribution >= 0.6 is 0 Å². The third-order valence-corrected chi connectivity index (χ3v) is 3.31. The number of fused-ring (bicyclic) bond motifs is 1. The van der Waals surface area contributed by atoms with E-state index in [1.165, 1.54) is 0 Å². The number of rotatable bonds is 5. The van der Waals surface area contributed by atoms with Gasteiger partial charge in [0.15, 0.2) is 5.65 Å². The molecule has 1 atom stereocenters. The lowest BCUT2D eigenvalue weighted by molar-refractivity contribution is -0.126. The number of halogens is 4. The van der Waals surface area contributed by atoms with Gasteiger partial charge in [-0.15, -0.1) is 0 Å². The smallest absolute Gasteiger partial charge is 0.304 e. The predicted molar refractivity (Wildman–Crippen MR) is 69.8 cm³/mol. The Hall–Kier alpha value is -1.70. The molecule has 2 heterocycles. The van der Waals surface area contributed by atoms with Gasteiger partial charge in [0.1, 0.15) is 0 Å². The van der Waals surface area contributed by atoms with E-state index in [1.807, 2.05) is 6.92 Å². The van der Waals surface area contributed by atoms with Gasteiger partial charge in [-0.25, -0.2) is 18.3 Å². The van der Waals surface area contributed by atoms with E-state index in [0.717, 1.165) is 11.4 Å². The Morgan fingerprint density at radius 1 is 1.33 bits per heavy atom. The van der Waals surface area contributed by atoms with Crippen molar-refractivity contribution >= 4 is 5.65 Å². The molecule has 0 radical (unpaired) electrons. The van der Waals surface area contributed by atoms with Gasteiger partial charge in [-0.05, 0) is 20.8 Å². The highest BCUT2D eigenvalue weighted by Crippen LogP contribution is 2.24. The molecule has 21 heavy (non-hydrogen) atoms. The summed E-state index contributed by atoms with van der Waals surface area (Å²) in [6, 6.07) is 1.25. The minimum Gasteiger partial charge on any atom is -0.304 e. The van der Waals surface area contributed by atoms with Crippen LogP contribution in [0.4, 0.5) is 17.6 Å². The van der Waals surface area contributed by atoms with Crippen LogP contribution in [0.3, 0.4) is 0 Å². The van der Waals surface area contributed by atoms with E-state index in [-0.39, 0.29) is 0 Å². The topological polar surface area (TPSA) is 42.2 Å². The molecule has 0 bridgehead atoms. The molecule has 0 aromatic carbocycles. The van der Waals surface area contributed by atoms with E-state index in [0.29, 0.717) is 11.2 Å². The normalized spacial score (nSPS) is 14.1. The van der Waals surface area contributed by atoms with Crippen molar-refractivity contribution in [2.45, 2.75) is 39.2 Å². The molecule has 8 heteroatoms. The maximum absolute atomic E-state index is 12.9. The van der Waals surface area contributed by atoms with E-state index in [2.05, 4.69) is 15.4 Å². The lowest BCUT2D eigenvalue weighted by Crippen LogP contribution is -2.40. The second-order valence-corrected chi connectivity index (χ2v) is 5.02. The number of aryl methyl sites for hydroxylation is 2. The van der Waals surface area contributed by atoms with Crippen molar-refractivity contribution in [1.82, 2.24) is 19.9 Å². The zero-order valence-corrected chi connectivity index (χ0v) is 11.9. The molecule has 2 aromatic heterocycles. The highest BCUT2D eigenvalue weighted by Gasteiger charge is 2.40. The number of nitrogens with one attached hydrogen (secondary N) is 1. The fourth-order valence-corrected chi connectivity index (χ4v) is 2.08. The van der Waals surface area contributed by atoms with Gasteiger partial charge in [-0.1, -0.05) is 0 Å². The van der Waals surface area contributed by atoms with Gasteiger partial charge < -0.3 is 5.32 Å². The van der Waals surface area contributed by atoms with E-state index in [1.54, 1.807) is 30.6 Å². The van der Waals surface area contributed by atoms with Gasteiger partial charge in [0.25, 0.3) is 0 Å². The molecule has 2 rings (SSSR count). The fraction of sp³-hybridized carbons (Fsp3) is 0.538. The summed E-state index contributed by atoms with van der Waals surface area (Å²) < 4.78 is 51.8. The van der Waals surface area contributed by atoms with Crippen molar-refractivity contribution in [3.05, 3.63) is 29.2 Å². The molecule has 0 saturated heterocycles. The average Bonchev–Trinajstić information content (AvgIpc) is 2.78. The van der Waals surface area contributed by atoms with Gasteiger partial charge in [-0.2, -0.15) is 13.9 Å². The van der Waals surface area contributed by atoms with E-state index < -0.39 is 24.9 Å². The summed E-state index contributed by atoms with van der Waals surface area (Å²) >= 11 is 0. The number of aromatic nitrogens is 3. The second-order valence-electron chi connectivity index (χ2n) is 5.02. The van der Waals surface area contributed by atoms with Crippen LogP contribution in [0, 0.1) is 13.8 Å². The first-order valence-corrected chi connectivity index (χ1v) is 6.43. The Morgan fingerprint density at radius 3 is 2.62 bits per heavy atom. The summed E-state index contributed by atoms with van der Waals surface area (Å²) in [7, 11) is 0. The zero-order chi connectivity index (χ0) is 15.8. The Balaban J connectivity index is 2.20.